The van der Waals surface area contributed by atoms with E-state index in [2.05, 4.69) is 25.6 Å². The minimum absolute atomic E-state index is 0.316. The molecule has 2 nitrogen and oxygen atoms in total. The molecule has 0 unspecified atom stereocenters. The second-order valence-electron chi connectivity index (χ2n) is 2.51. The fourth-order valence-electron chi connectivity index (χ4n) is 1.05. The summed E-state index contributed by atoms with van der Waals surface area (Å²) in [7, 11) is 0. The molecule has 2 aromatic rings. The monoisotopic (exact) mass is 241 g/mol. The Labute approximate surface area is 82.5 Å². The SMILES string of the molecule is Fc1cc(Br)ccc1-c1ccon1. The summed E-state index contributed by atoms with van der Waals surface area (Å²) in [4.78, 5) is 0. The van der Waals surface area contributed by atoms with E-state index in [1.807, 2.05) is 0 Å². The van der Waals surface area contributed by atoms with Crippen LogP contribution in [-0.2, 0) is 0 Å². The molecule has 0 saturated heterocycles. The summed E-state index contributed by atoms with van der Waals surface area (Å²) in [6, 6.07) is 6.42. The zero-order chi connectivity index (χ0) is 9.26. The van der Waals surface area contributed by atoms with E-state index < -0.39 is 0 Å². The highest BCUT2D eigenvalue weighted by molar-refractivity contribution is 9.10. The van der Waals surface area contributed by atoms with Gasteiger partial charge in [-0.3, -0.25) is 0 Å². The van der Waals surface area contributed by atoms with Crippen LogP contribution in [0.2, 0.25) is 0 Å². The Balaban J connectivity index is 2.53. The van der Waals surface area contributed by atoms with E-state index in [0.29, 0.717) is 15.7 Å². The lowest BCUT2D eigenvalue weighted by Crippen LogP contribution is -1.83. The van der Waals surface area contributed by atoms with Crippen LogP contribution in [0.1, 0.15) is 0 Å². The van der Waals surface area contributed by atoms with Crippen molar-refractivity contribution in [2.45, 2.75) is 0 Å². The Hall–Kier alpha value is -1.16. The maximum Gasteiger partial charge on any atom is 0.133 e. The molecule has 0 aliphatic rings. The molecule has 0 saturated carbocycles. The van der Waals surface area contributed by atoms with Gasteiger partial charge in [0.15, 0.2) is 0 Å². The van der Waals surface area contributed by atoms with E-state index in [1.165, 1.54) is 12.3 Å². The molecule has 0 radical (unpaired) electrons. The molecule has 0 fully saturated rings. The maximum absolute atomic E-state index is 13.3. The quantitative estimate of drug-likeness (QED) is 0.767. The molecule has 0 amide bonds. The highest BCUT2D eigenvalue weighted by atomic mass is 79.9. The second kappa shape index (κ2) is 3.30. The lowest BCUT2D eigenvalue weighted by molar-refractivity contribution is 0.422. The average Bonchev–Trinajstić information content (AvgIpc) is 2.56. The molecule has 1 heterocycles. The molecule has 4 heteroatoms. The van der Waals surface area contributed by atoms with E-state index in [4.69, 9.17) is 0 Å². The summed E-state index contributed by atoms with van der Waals surface area (Å²) >= 11 is 3.18. The molecule has 1 aromatic heterocycles. The van der Waals surface area contributed by atoms with Gasteiger partial charge >= 0.3 is 0 Å². The van der Waals surface area contributed by atoms with E-state index in [1.54, 1.807) is 18.2 Å². The molecule has 0 spiro atoms. The topological polar surface area (TPSA) is 26.0 Å². The van der Waals surface area contributed by atoms with Crippen molar-refractivity contribution >= 4 is 15.9 Å². The van der Waals surface area contributed by atoms with Gasteiger partial charge in [0.25, 0.3) is 0 Å². The number of halogens is 2. The van der Waals surface area contributed by atoms with Gasteiger partial charge in [-0.25, -0.2) is 4.39 Å². The number of nitrogens with zero attached hydrogens (tertiary/aromatic N) is 1. The largest absolute Gasteiger partial charge is 0.364 e. The third kappa shape index (κ3) is 1.62. The van der Waals surface area contributed by atoms with Gasteiger partial charge in [-0.2, -0.15) is 0 Å². The summed E-state index contributed by atoms with van der Waals surface area (Å²) in [6.07, 6.45) is 1.41. The van der Waals surface area contributed by atoms with Crippen LogP contribution < -0.4 is 0 Å². The highest BCUT2D eigenvalue weighted by Gasteiger charge is 2.07. The summed E-state index contributed by atoms with van der Waals surface area (Å²) in [5, 5.41) is 3.65. The van der Waals surface area contributed by atoms with E-state index in [9.17, 15) is 4.39 Å². The predicted octanol–water partition coefficient (Wildman–Crippen LogP) is 3.24. The number of hydrogen-bond acceptors (Lipinski definition) is 2. The number of aromatic nitrogens is 1. The zero-order valence-electron chi connectivity index (χ0n) is 6.50. The second-order valence-corrected chi connectivity index (χ2v) is 3.42. The molecular formula is C9H5BrFNO. The van der Waals surface area contributed by atoms with Gasteiger partial charge in [0.05, 0.1) is 0 Å². The first-order valence-corrected chi connectivity index (χ1v) is 4.42. The molecule has 0 aliphatic carbocycles. The van der Waals surface area contributed by atoms with Crippen molar-refractivity contribution in [1.29, 1.82) is 0 Å². The molecule has 2 rings (SSSR count). The van der Waals surface area contributed by atoms with Gasteiger partial charge in [0, 0.05) is 16.1 Å². The molecule has 0 atom stereocenters. The van der Waals surface area contributed by atoms with Crippen molar-refractivity contribution in [3.05, 3.63) is 40.8 Å². The van der Waals surface area contributed by atoms with Crippen LogP contribution in [0.15, 0.2) is 39.5 Å². The van der Waals surface area contributed by atoms with Gasteiger partial charge in [-0.05, 0) is 18.2 Å². The predicted molar refractivity (Wildman–Crippen MR) is 49.6 cm³/mol. The first-order valence-electron chi connectivity index (χ1n) is 3.63. The van der Waals surface area contributed by atoms with Crippen molar-refractivity contribution < 1.29 is 8.91 Å². The molecule has 1 aromatic carbocycles. The highest BCUT2D eigenvalue weighted by Crippen LogP contribution is 2.23. The van der Waals surface area contributed by atoms with Crippen molar-refractivity contribution in [3.8, 4) is 11.3 Å². The summed E-state index contributed by atoms with van der Waals surface area (Å²) in [5.74, 6) is -0.316. The molecule has 0 aliphatic heterocycles. The van der Waals surface area contributed by atoms with Crippen LogP contribution in [-0.4, -0.2) is 5.16 Å². The van der Waals surface area contributed by atoms with Crippen molar-refractivity contribution in [1.82, 2.24) is 5.16 Å². The summed E-state index contributed by atoms with van der Waals surface area (Å²) in [6.45, 7) is 0. The number of rotatable bonds is 1. The molecule has 0 N–H and O–H groups in total. The number of hydrogen-bond donors (Lipinski definition) is 0. The Bertz CT molecular complexity index is 414. The molecule has 0 bridgehead atoms. The Kier molecular flexibility index (Phi) is 2.14. The first-order chi connectivity index (χ1) is 6.27. The summed E-state index contributed by atoms with van der Waals surface area (Å²) in [5.41, 5.74) is 0.946. The van der Waals surface area contributed by atoms with Gasteiger partial charge in [-0.15, -0.1) is 0 Å². The lowest BCUT2D eigenvalue weighted by atomic mass is 10.1. The fourth-order valence-corrected chi connectivity index (χ4v) is 1.38. The van der Waals surface area contributed by atoms with Crippen LogP contribution in [0.25, 0.3) is 11.3 Å². The third-order valence-electron chi connectivity index (χ3n) is 1.64. The third-order valence-corrected chi connectivity index (χ3v) is 2.14. The van der Waals surface area contributed by atoms with Gasteiger partial charge in [0.1, 0.15) is 17.8 Å². The van der Waals surface area contributed by atoms with Crippen molar-refractivity contribution in [2.24, 2.45) is 0 Å². The molecular weight excluding hydrogens is 237 g/mol. The van der Waals surface area contributed by atoms with Crippen LogP contribution >= 0.6 is 15.9 Å². The van der Waals surface area contributed by atoms with Crippen LogP contribution in [0.5, 0.6) is 0 Å². The van der Waals surface area contributed by atoms with Gasteiger partial charge < -0.3 is 4.52 Å². The lowest BCUT2D eigenvalue weighted by Gasteiger charge is -1.97. The normalized spacial score (nSPS) is 10.3. The van der Waals surface area contributed by atoms with E-state index >= 15 is 0 Å². The fraction of sp³-hybridized carbons (Fsp3) is 0. The Morgan fingerprint density at radius 3 is 2.77 bits per heavy atom. The standard InChI is InChI=1S/C9H5BrFNO/c10-6-1-2-7(8(11)5-6)9-3-4-13-12-9/h1-5H. The smallest absolute Gasteiger partial charge is 0.133 e. The molecule has 13 heavy (non-hydrogen) atoms. The van der Waals surface area contributed by atoms with Crippen molar-refractivity contribution in [2.75, 3.05) is 0 Å². The van der Waals surface area contributed by atoms with Crippen LogP contribution in [0.3, 0.4) is 0 Å². The minimum atomic E-state index is -0.316. The van der Waals surface area contributed by atoms with Crippen LogP contribution in [0.4, 0.5) is 4.39 Å². The van der Waals surface area contributed by atoms with Gasteiger partial charge in [-0.1, -0.05) is 21.1 Å². The minimum Gasteiger partial charge on any atom is -0.364 e. The average molecular weight is 242 g/mol. The summed E-state index contributed by atoms with van der Waals surface area (Å²) < 4.78 is 18.6. The Morgan fingerprint density at radius 1 is 1.31 bits per heavy atom. The molecule has 66 valence electrons. The zero-order valence-corrected chi connectivity index (χ0v) is 8.08. The number of benzene rings is 1. The van der Waals surface area contributed by atoms with E-state index in [0.717, 1.165) is 0 Å². The van der Waals surface area contributed by atoms with Gasteiger partial charge in [0.2, 0.25) is 0 Å². The maximum atomic E-state index is 13.3. The van der Waals surface area contributed by atoms with Crippen LogP contribution in [0, 0.1) is 5.82 Å². The van der Waals surface area contributed by atoms with Crippen molar-refractivity contribution in [3.63, 3.8) is 0 Å². The Morgan fingerprint density at radius 2 is 2.15 bits per heavy atom. The first kappa shape index (κ1) is 8.44. The van der Waals surface area contributed by atoms with E-state index in [-0.39, 0.29) is 5.82 Å².